The molecule has 0 atom stereocenters. The van der Waals surface area contributed by atoms with E-state index in [1.165, 1.54) is 0 Å². The summed E-state index contributed by atoms with van der Waals surface area (Å²) >= 11 is 0. The summed E-state index contributed by atoms with van der Waals surface area (Å²) in [6.45, 7) is 1.03. The Labute approximate surface area is 132 Å². The van der Waals surface area contributed by atoms with Gasteiger partial charge in [-0.05, 0) is 24.6 Å². The topological polar surface area (TPSA) is 87.5 Å². The number of aryl methyl sites for hydroxylation is 1. The largest absolute Gasteiger partial charge is 0.478 e. The predicted molar refractivity (Wildman–Crippen MR) is 73.3 cm³/mol. The van der Waals surface area contributed by atoms with E-state index in [1.54, 1.807) is 0 Å². The summed E-state index contributed by atoms with van der Waals surface area (Å²) in [5.41, 5.74) is -5.04. The SMILES string of the molecule is Cc1nc(C(F)(F)F)c(C(=O)O)c(-c2ccc(F)cc2)c1C(=O)O. The highest BCUT2D eigenvalue weighted by Gasteiger charge is 2.41. The molecule has 0 bridgehead atoms. The third-order valence-electron chi connectivity index (χ3n) is 3.21. The summed E-state index contributed by atoms with van der Waals surface area (Å²) in [6, 6.07) is 3.78. The molecule has 2 N–H and O–H groups in total. The lowest BCUT2D eigenvalue weighted by molar-refractivity contribution is -0.141. The lowest BCUT2D eigenvalue weighted by Gasteiger charge is -2.17. The first-order valence-electron chi connectivity index (χ1n) is 6.38. The van der Waals surface area contributed by atoms with Crippen LogP contribution in [0.5, 0.6) is 0 Å². The van der Waals surface area contributed by atoms with Gasteiger partial charge in [-0.3, -0.25) is 0 Å². The molecule has 1 aromatic heterocycles. The molecule has 0 aliphatic heterocycles. The maximum absolute atomic E-state index is 13.1. The number of carboxylic acid groups (broad SMARTS) is 2. The number of hydrogen-bond donors (Lipinski definition) is 2. The summed E-state index contributed by atoms with van der Waals surface area (Å²) in [5.74, 6) is -4.35. The van der Waals surface area contributed by atoms with Gasteiger partial charge in [0, 0.05) is 5.56 Å². The van der Waals surface area contributed by atoms with Gasteiger partial charge in [0.05, 0.1) is 16.8 Å². The summed E-state index contributed by atoms with van der Waals surface area (Å²) in [7, 11) is 0. The summed E-state index contributed by atoms with van der Waals surface area (Å²) in [4.78, 5) is 26.0. The number of hydrogen-bond acceptors (Lipinski definition) is 3. The molecule has 2 aromatic rings. The van der Waals surface area contributed by atoms with Crippen molar-refractivity contribution in [3.05, 3.63) is 52.6 Å². The summed E-state index contributed by atoms with van der Waals surface area (Å²) < 4.78 is 52.5. The number of benzene rings is 1. The van der Waals surface area contributed by atoms with Crippen LogP contribution in [0.3, 0.4) is 0 Å². The quantitative estimate of drug-likeness (QED) is 0.831. The van der Waals surface area contributed by atoms with E-state index in [2.05, 4.69) is 4.98 Å². The van der Waals surface area contributed by atoms with Crippen LogP contribution in [-0.4, -0.2) is 27.1 Å². The molecule has 0 aliphatic carbocycles. The highest BCUT2D eigenvalue weighted by molar-refractivity contribution is 6.06. The molecule has 1 aromatic carbocycles. The molecule has 0 radical (unpaired) electrons. The normalized spacial score (nSPS) is 11.4. The van der Waals surface area contributed by atoms with E-state index in [4.69, 9.17) is 0 Å². The number of aromatic carboxylic acids is 2. The molecule has 5 nitrogen and oxygen atoms in total. The van der Waals surface area contributed by atoms with Crippen LogP contribution in [0.4, 0.5) is 17.6 Å². The average molecular weight is 343 g/mol. The Balaban J connectivity index is 3.01. The van der Waals surface area contributed by atoms with Crippen LogP contribution in [0.15, 0.2) is 24.3 Å². The second kappa shape index (κ2) is 5.91. The first-order valence-corrected chi connectivity index (χ1v) is 6.38. The predicted octanol–water partition coefficient (Wildman–Crippen LogP) is 3.61. The molecular weight excluding hydrogens is 334 g/mol. The minimum absolute atomic E-state index is 0.179. The van der Waals surface area contributed by atoms with E-state index in [0.717, 1.165) is 31.2 Å². The van der Waals surface area contributed by atoms with Gasteiger partial charge in [0.15, 0.2) is 5.69 Å². The first kappa shape index (κ1) is 17.4. The van der Waals surface area contributed by atoms with E-state index in [-0.39, 0.29) is 5.56 Å². The van der Waals surface area contributed by atoms with E-state index in [1.807, 2.05) is 0 Å². The van der Waals surface area contributed by atoms with Gasteiger partial charge in [-0.1, -0.05) is 12.1 Å². The number of carboxylic acids is 2. The molecule has 24 heavy (non-hydrogen) atoms. The number of halogens is 4. The molecule has 0 saturated carbocycles. The van der Waals surface area contributed by atoms with Crippen molar-refractivity contribution in [1.82, 2.24) is 4.98 Å². The zero-order chi connectivity index (χ0) is 18.2. The van der Waals surface area contributed by atoms with Gasteiger partial charge in [0.1, 0.15) is 5.82 Å². The van der Waals surface area contributed by atoms with Gasteiger partial charge in [-0.2, -0.15) is 13.2 Å². The molecular formula is C15H9F4NO4. The van der Waals surface area contributed by atoms with Crippen molar-refractivity contribution in [1.29, 1.82) is 0 Å². The van der Waals surface area contributed by atoms with E-state index in [9.17, 15) is 37.4 Å². The Kier molecular flexibility index (Phi) is 4.28. The molecule has 0 fully saturated rings. The molecule has 0 spiro atoms. The monoisotopic (exact) mass is 343 g/mol. The standard InChI is InChI=1S/C15H9F4NO4/c1-6-9(13(21)22)10(7-2-4-8(16)5-3-7)11(14(23)24)12(20-6)15(17,18)19/h2-5H,1H3,(H,21,22)(H,23,24). The van der Waals surface area contributed by atoms with Gasteiger partial charge in [0.2, 0.25) is 0 Å². The zero-order valence-electron chi connectivity index (χ0n) is 12.0. The Morgan fingerprint density at radius 3 is 1.92 bits per heavy atom. The van der Waals surface area contributed by atoms with Crippen molar-refractivity contribution in [2.75, 3.05) is 0 Å². The molecule has 0 saturated heterocycles. The number of pyridine rings is 1. The van der Waals surface area contributed by atoms with Crippen molar-refractivity contribution in [3.8, 4) is 11.1 Å². The van der Waals surface area contributed by atoms with Crippen LogP contribution in [0.1, 0.15) is 32.1 Å². The van der Waals surface area contributed by atoms with Crippen molar-refractivity contribution in [3.63, 3.8) is 0 Å². The summed E-state index contributed by atoms with van der Waals surface area (Å²) in [6.07, 6.45) is -5.11. The highest BCUT2D eigenvalue weighted by atomic mass is 19.4. The molecule has 1 heterocycles. The Hall–Kier alpha value is -2.97. The molecule has 9 heteroatoms. The van der Waals surface area contributed by atoms with Gasteiger partial charge in [0.25, 0.3) is 0 Å². The summed E-state index contributed by atoms with van der Waals surface area (Å²) in [5, 5.41) is 18.5. The Morgan fingerprint density at radius 1 is 1.00 bits per heavy atom. The third kappa shape index (κ3) is 3.05. The van der Waals surface area contributed by atoms with Crippen LogP contribution in [0.25, 0.3) is 11.1 Å². The minimum Gasteiger partial charge on any atom is -0.478 e. The average Bonchev–Trinajstić information content (AvgIpc) is 2.45. The number of carbonyl (C=O) groups is 2. The van der Waals surface area contributed by atoms with Gasteiger partial charge in [-0.25, -0.2) is 19.0 Å². The fraction of sp³-hybridized carbons (Fsp3) is 0.133. The molecule has 0 aliphatic rings. The minimum atomic E-state index is -5.11. The Bertz CT molecular complexity index is 829. The van der Waals surface area contributed by atoms with Gasteiger partial charge < -0.3 is 10.2 Å². The van der Waals surface area contributed by atoms with E-state index >= 15 is 0 Å². The number of nitrogens with zero attached hydrogens (tertiary/aromatic N) is 1. The van der Waals surface area contributed by atoms with Crippen molar-refractivity contribution >= 4 is 11.9 Å². The smallest absolute Gasteiger partial charge is 0.434 e. The molecule has 2 rings (SSSR count). The van der Waals surface area contributed by atoms with Crippen LogP contribution >= 0.6 is 0 Å². The second-order valence-corrected chi connectivity index (χ2v) is 4.79. The van der Waals surface area contributed by atoms with Crippen molar-refractivity contribution in [2.45, 2.75) is 13.1 Å². The maximum Gasteiger partial charge on any atom is 0.434 e. The van der Waals surface area contributed by atoms with Gasteiger partial charge >= 0.3 is 18.1 Å². The van der Waals surface area contributed by atoms with Crippen LogP contribution in [0, 0.1) is 12.7 Å². The molecule has 126 valence electrons. The van der Waals surface area contributed by atoms with Crippen LogP contribution < -0.4 is 0 Å². The zero-order valence-corrected chi connectivity index (χ0v) is 12.0. The van der Waals surface area contributed by atoms with Gasteiger partial charge in [-0.15, -0.1) is 0 Å². The lowest BCUT2D eigenvalue weighted by Crippen LogP contribution is -2.21. The number of rotatable bonds is 3. The third-order valence-corrected chi connectivity index (χ3v) is 3.21. The fourth-order valence-corrected chi connectivity index (χ4v) is 2.28. The van der Waals surface area contributed by atoms with Crippen LogP contribution in [-0.2, 0) is 6.18 Å². The second-order valence-electron chi connectivity index (χ2n) is 4.79. The van der Waals surface area contributed by atoms with E-state index < -0.39 is 52.0 Å². The molecule has 0 amide bonds. The van der Waals surface area contributed by atoms with Crippen LogP contribution in [0.2, 0.25) is 0 Å². The van der Waals surface area contributed by atoms with E-state index in [0.29, 0.717) is 0 Å². The van der Waals surface area contributed by atoms with Crippen molar-refractivity contribution < 1.29 is 37.4 Å². The fourth-order valence-electron chi connectivity index (χ4n) is 2.28. The maximum atomic E-state index is 13.1. The number of aromatic nitrogens is 1. The first-order chi connectivity index (χ1) is 11.0. The van der Waals surface area contributed by atoms with Crippen molar-refractivity contribution in [2.24, 2.45) is 0 Å². The lowest BCUT2D eigenvalue weighted by atomic mass is 9.92. The molecule has 0 unspecified atom stereocenters. The highest BCUT2D eigenvalue weighted by Crippen LogP contribution is 2.38. The Morgan fingerprint density at radius 2 is 1.50 bits per heavy atom. The number of alkyl halides is 3.